The molecule has 2 aromatic rings. The quantitative estimate of drug-likeness (QED) is 0.719. The van der Waals surface area contributed by atoms with E-state index < -0.39 is 17.5 Å². The van der Waals surface area contributed by atoms with Crippen LogP contribution < -0.4 is 15.5 Å². The molecule has 8 heteroatoms. The molecule has 2 fully saturated rings. The molecule has 0 radical (unpaired) electrons. The van der Waals surface area contributed by atoms with Gasteiger partial charge in [0.15, 0.2) is 5.54 Å². The van der Waals surface area contributed by atoms with E-state index in [2.05, 4.69) is 52.6 Å². The Balaban J connectivity index is 1.40. The second kappa shape index (κ2) is 8.37. The first-order valence-electron chi connectivity index (χ1n) is 10.5. The SMILES string of the molecule is Cc1cccc(N2CCN(C(=O)CC[C@@]3(c4ccccn4)NC(=O)NC3=O)CC2)c1C. The first-order chi connectivity index (χ1) is 14.9. The molecule has 1 atom stereocenters. The van der Waals surface area contributed by atoms with Gasteiger partial charge in [-0.1, -0.05) is 18.2 Å². The number of nitrogens with one attached hydrogen (secondary N) is 2. The standard InChI is InChI=1S/C23H27N5O3/c1-16-6-5-7-18(17(16)2)27-12-14-28(15-13-27)20(29)9-10-23(19-8-3-4-11-24-19)21(30)25-22(31)26-23/h3-8,11H,9-10,12-15H2,1-2H3,(H2,25,26,30,31)/t23-/m0/s1. The van der Waals surface area contributed by atoms with E-state index in [0.717, 1.165) is 13.1 Å². The van der Waals surface area contributed by atoms with Crippen molar-refractivity contribution in [3.05, 3.63) is 59.4 Å². The number of amides is 4. The zero-order valence-electron chi connectivity index (χ0n) is 17.9. The molecule has 1 aromatic carbocycles. The lowest BCUT2D eigenvalue weighted by atomic mass is 9.89. The summed E-state index contributed by atoms with van der Waals surface area (Å²) in [7, 11) is 0. The Kier molecular flexibility index (Phi) is 5.63. The number of carbonyl (C=O) groups is 3. The third-order valence-electron chi connectivity index (χ3n) is 6.31. The zero-order chi connectivity index (χ0) is 22.0. The van der Waals surface area contributed by atoms with Gasteiger partial charge in [0.25, 0.3) is 5.91 Å². The molecule has 0 saturated carbocycles. The highest BCUT2D eigenvalue weighted by molar-refractivity contribution is 6.07. The summed E-state index contributed by atoms with van der Waals surface area (Å²) in [5, 5.41) is 4.97. The Morgan fingerprint density at radius 1 is 1.06 bits per heavy atom. The van der Waals surface area contributed by atoms with Crippen LogP contribution >= 0.6 is 0 Å². The van der Waals surface area contributed by atoms with Gasteiger partial charge in [-0.3, -0.25) is 19.9 Å². The molecule has 4 amide bonds. The Bertz CT molecular complexity index is 1000. The second-order valence-electron chi connectivity index (χ2n) is 8.12. The molecule has 0 aliphatic carbocycles. The number of hydrogen-bond acceptors (Lipinski definition) is 5. The van der Waals surface area contributed by atoms with Crippen LogP contribution in [0.5, 0.6) is 0 Å². The van der Waals surface area contributed by atoms with Crippen LogP contribution in [0.25, 0.3) is 0 Å². The monoisotopic (exact) mass is 421 g/mol. The fourth-order valence-corrected chi connectivity index (χ4v) is 4.32. The second-order valence-corrected chi connectivity index (χ2v) is 8.12. The van der Waals surface area contributed by atoms with Crippen LogP contribution in [0.3, 0.4) is 0 Å². The summed E-state index contributed by atoms with van der Waals surface area (Å²) in [5.74, 6) is -0.492. The summed E-state index contributed by atoms with van der Waals surface area (Å²) in [6.07, 6.45) is 1.88. The molecule has 2 aliphatic heterocycles. The van der Waals surface area contributed by atoms with Crippen molar-refractivity contribution >= 4 is 23.5 Å². The average molecular weight is 422 g/mol. The van der Waals surface area contributed by atoms with Gasteiger partial charge in [-0.25, -0.2) is 4.79 Å². The van der Waals surface area contributed by atoms with Gasteiger partial charge in [0.2, 0.25) is 5.91 Å². The lowest BCUT2D eigenvalue weighted by Crippen LogP contribution is -2.50. The summed E-state index contributed by atoms with van der Waals surface area (Å²) in [5.41, 5.74) is 2.86. The van der Waals surface area contributed by atoms with Crippen molar-refractivity contribution in [2.45, 2.75) is 32.2 Å². The summed E-state index contributed by atoms with van der Waals surface area (Å²) >= 11 is 0. The van der Waals surface area contributed by atoms with E-state index in [0.29, 0.717) is 18.8 Å². The number of imide groups is 1. The molecular formula is C23H27N5O3. The van der Waals surface area contributed by atoms with E-state index in [1.807, 2.05) is 4.90 Å². The molecule has 4 rings (SSSR count). The van der Waals surface area contributed by atoms with Crippen molar-refractivity contribution in [2.75, 3.05) is 31.1 Å². The van der Waals surface area contributed by atoms with Crippen molar-refractivity contribution in [3.63, 3.8) is 0 Å². The molecule has 2 N–H and O–H groups in total. The molecule has 31 heavy (non-hydrogen) atoms. The van der Waals surface area contributed by atoms with Crippen LogP contribution in [0.2, 0.25) is 0 Å². The van der Waals surface area contributed by atoms with Gasteiger partial charge in [-0.15, -0.1) is 0 Å². The molecule has 162 valence electrons. The van der Waals surface area contributed by atoms with E-state index in [4.69, 9.17) is 0 Å². The maximum absolute atomic E-state index is 12.9. The predicted molar refractivity (Wildman–Crippen MR) is 117 cm³/mol. The van der Waals surface area contributed by atoms with Gasteiger partial charge in [0, 0.05) is 44.5 Å². The van der Waals surface area contributed by atoms with E-state index in [1.54, 1.807) is 24.4 Å². The first kappa shape index (κ1) is 20.8. The largest absolute Gasteiger partial charge is 0.368 e. The van der Waals surface area contributed by atoms with Gasteiger partial charge < -0.3 is 15.1 Å². The summed E-state index contributed by atoms with van der Waals surface area (Å²) in [4.78, 5) is 45.8. The lowest BCUT2D eigenvalue weighted by molar-refractivity contribution is -0.132. The van der Waals surface area contributed by atoms with Crippen molar-refractivity contribution in [1.29, 1.82) is 0 Å². The number of aryl methyl sites for hydroxylation is 1. The number of nitrogens with zero attached hydrogens (tertiary/aromatic N) is 3. The highest BCUT2D eigenvalue weighted by atomic mass is 16.2. The molecule has 0 spiro atoms. The van der Waals surface area contributed by atoms with E-state index in [-0.39, 0.29) is 18.7 Å². The van der Waals surface area contributed by atoms with Gasteiger partial charge in [-0.05, 0) is 49.6 Å². The number of anilines is 1. The maximum atomic E-state index is 12.9. The molecular weight excluding hydrogens is 394 g/mol. The number of urea groups is 1. The van der Waals surface area contributed by atoms with Gasteiger partial charge in [-0.2, -0.15) is 0 Å². The van der Waals surface area contributed by atoms with E-state index >= 15 is 0 Å². The number of piperazine rings is 1. The van der Waals surface area contributed by atoms with Gasteiger partial charge >= 0.3 is 6.03 Å². The summed E-state index contributed by atoms with van der Waals surface area (Å²) in [6, 6.07) is 10.9. The maximum Gasteiger partial charge on any atom is 0.322 e. The highest BCUT2D eigenvalue weighted by Crippen LogP contribution is 2.29. The van der Waals surface area contributed by atoms with Gasteiger partial charge in [0.05, 0.1) is 5.69 Å². The molecule has 0 bridgehead atoms. The number of benzene rings is 1. The smallest absolute Gasteiger partial charge is 0.322 e. The first-order valence-corrected chi connectivity index (χ1v) is 10.5. The van der Waals surface area contributed by atoms with Crippen LogP contribution in [0.4, 0.5) is 10.5 Å². The molecule has 2 aliphatic rings. The van der Waals surface area contributed by atoms with Crippen molar-refractivity contribution in [3.8, 4) is 0 Å². The number of pyridine rings is 1. The van der Waals surface area contributed by atoms with E-state index in [9.17, 15) is 14.4 Å². The Morgan fingerprint density at radius 2 is 1.84 bits per heavy atom. The van der Waals surface area contributed by atoms with Crippen LogP contribution in [0, 0.1) is 13.8 Å². The highest BCUT2D eigenvalue weighted by Gasteiger charge is 2.48. The Morgan fingerprint density at radius 3 is 2.48 bits per heavy atom. The minimum Gasteiger partial charge on any atom is -0.368 e. The molecule has 2 saturated heterocycles. The zero-order valence-corrected chi connectivity index (χ0v) is 17.9. The van der Waals surface area contributed by atoms with E-state index in [1.165, 1.54) is 16.8 Å². The topological polar surface area (TPSA) is 94.6 Å². The normalized spacial score (nSPS) is 21.1. The Hall–Kier alpha value is -3.42. The molecule has 0 unspecified atom stereocenters. The summed E-state index contributed by atoms with van der Waals surface area (Å²) < 4.78 is 0. The summed E-state index contributed by atoms with van der Waals surface area (Å²) in [6.45, 7) is 7.01. The fraction of sp³-hybridized carbons (Fsp3) is 0.391. The molecule has 3 heterocycles. The van der Waals surface area contributed by atoms with Crippen LogP contribution in [0.15, 0.2) is 42.6 Å². The van der Waals surface area contributed by atoms with Crippen molar-refractivity contribution in [1.82, 2.24) is 20.5 Å². The number of carbonyl (C=O) groups excluding carboxylic acids is 3. The molecule has 8 nitrogen and oxygen atoms in total. The third kappa shape index (κ3) is 3.97. The Labute approximate surface area is 181 Å². The minimum atomic E-state index is -1.31. The lowest BCUT2D eigenvalue weighted by Gasteiger charge is -2.37. The van der Waals surface area contributed by atoms with Crippen LogP contribution in [-0.4, -0.2) is 53.9 Å². The van der Waals surface area contributed by atoms with Crippen molar-refractivity contribution in [2.24, 2.45) is 0 Å². The van der Waals surface area contributed by atoms with Gasteiger partial charge in [0.1, 0.15) is 0 Å². The van der Waals surface area contributed by atoms with Crippen molar-refractivity contribution < 1.29 is 14.4 Å². The van der Waals surface area contributed by atoms with Crippen LogP contribution in [0.1, 0.15) is 29.7 Å². The van der Waals surface area contributed by atoms with Crippen LogP contribution in [-0.2, 0) is 15.1 Å². The number of hydrogen-bond donors (Lipinski definition) is 2. The third-order valence-corrected chi connectivity index (χ3v) is 6.31. The number of aromatic nitrogens is 1. The number of rotatable bonds is 5. The molecule has 1 aromatic heterocycles. The fourth-order valence-electron chi connectivity index (χ4n) is 4.32. The predicted octanol–water partition coefficient (Wildman–Crippen LogP) is 1.86. The minimum absolute atomic E-state index is 0.0233. The average Bonchev–Trinajstić information content (AvgIpc) is 3.08.